The number of allylic oxidation sites excluding steroid dienone is 2. The number of aliphatic hydroxyl groups is 2. The van der Waals surface area contributed by atoms with E-state index in [2.05, 4.69) is 31.3 Å². The van der Waals surface area contributed by atoms with Crippen LogP contribution >= 0.6 is 0 Å². The number of hydrogen-bond donors (Lipinski definition) is 3. The molecule has 0 aliphatic carbocycles. The van der Waals surface area contributed by atoms with Gasteiger partial charge in [-0.05, 0) is 51.4 Å². The number of esters is 1. The third-order valence-electron chi connectivity index (χ3n) is 17.1. The van der Waals surface area contributed by atoms with Crippen LogP contribution in [-0.2, 0) is 14.3 Å². The lowest BCUT2D eigenvalue weighted by atomic mass is 10.0. The van der Waals surface area contributed by atoms with Crippen LogP contribution in [0.4, 0.5) is 0 Å². The van der Waals surface area contributed by atoms with Gasteiger partial charge >= 0.3 is 5.97 Å². The molecule has 0 heterocycles. The van der Waals surface area contributed by atoms with Gasteiger partial charge in [0.05, 0.1) is 25.4 Å². The van der Waals surface area contributed by atoms with Crippen LogP contribution in [0.1, 0.15) is 412 Å². The molecule has 0 saturated carbocycles. The van der Waals surface area contributed by atoms with Crippen molar-refractivity contribution < 1.29 is 24.5 Å². The first-order chi connectivity index (χ1) is 38.5. The highest BCUT2D eigenvalue weighted by Gasteiger charge is 2.20. The number of hydrogen-bond acceptors (Lipinski definition) is 5. The Morgan fingerprint density at radius 2 is 0.603 bits per heavy atom. The predicted molar refractivity (Wildman–Crippen MR) is 343 cm³/mol. The van der Waals surface area contributed by atoms with E-state index in [1.807, 2.05) is 0 Å². The first-order valence-electron chi connectivity index (χ1n) is 35.9. The number of carbonyl (C=O) groups is 2. The molecule has 464 valence electrons. The zero-order chi connectivity index (χ0) is 56.4. The molecule has 6 nitrogen and oxygen atoms in total. The van der Waals surface area contributed by atoms with Crippen molar-refractivity contribution in [2.75, 3.05) is 13.2 Å². The van der Waals surface area contributed by atoms with E-state index in [1.165, 1.54) is 340 Å². The van der Waals surface area contributed by atoms with E-state index in [-0.39, 0.29) is 18.5 Å². The second kappa shape index (κ2) is 68.1. The molecule has 0 aromatic rings. The summed E-state index contributed by atoms with van der Waals surface area (Å²) in [6.07, 6.45) is 84.0. The van der Waals surface area contributed by atoms with Gasteiger partial charge in [0.25, 0.3) is 0 Å². The number of rotatable bonds is 68. The molecule has 1 amide bonds. The van der Waals surface area contributed by atoms with Crippen molar-refractivity contribution in [1.82, 2.24) is 5.32 Å². The Hall–Kier alpha value is -1.40. The molecule has 0 aromatic carbocycles. The Bertz CT molecular complexity index is 1180. The van der Waals surface area contributed by atoms with Gasteiger partial charge in [-0.2, -0.15) is 0 Å². The molecule has 78 heavy (non-hydrogen) atoms. The maximum atomic E-state index is 12.5. The second-order valence-corrected chi connectivity index (χ2v) is 24.9. The van der Waals surface area contributed by atoms with E-state index in [0.29, 0.717) is 25.9 Å². The van der Waals surface area contributed by atoms with Crippen LogP contribution in [0.25, 0.3) is 0 Å². The molecular formula is C72H141NO5. The van der Waals surface area contributed by atoms with Crippen LogP contribution in [0, 0.1) is 0 Å². The summed E-state index contributed by atoms with van der Waals surface area (Å²) >= 11 is 0. The predicted octanol–water partition coefficient (Wildman–Crippen LogP) is 23.1. The van der Waals surface area contributed by atoms with Gasteiger partial charge < -0.3 is 20.3 Å². The average Bonchev–Trinajstić information content (AvgIpc) is 3.44. The van der Waals surface area contributed by atoms with Crippen molar-refractivity contribution >= 4 is 11.9 Å². The van der Waals surface area contributed by atoms with Crippen LogP contribution < -0.4 is 5.32 Å². The molecule has 0 fully saturated rings. The highest BCUT2D eigenvalue weighted by molar-refractivity contribution is 5.76. The number of aliphatic hydroxyl groups excluding tert-OH is 2. The van der Waals surface area contributed by atoms with E-state index in [0.717, 1.165) is 38.5 Å². The van der Waals surface area contributed by atoms with Crippen molar-refractivity contribution in [1.29, 1.82) is 0 Å². The minimum absolute atomic E-state index is 0.0167. The molecular weight excluding hydrogens is 959 g/mol. The molecule has 2 atom stereocenters. The minimum atomic E-state index is -0.668. The smallest absolute Gasteiger partial charge is 0.305 e. The van der Waals surface area contributed by atoms with E-state index in [4.69, 9.17) is 4.74 Å². The van der Waals surface area contributed by atoms with Gasteiger partial charge in [-0.1, -0.05) is 360 Å². The Labute approximate surface area is 489 Å². The van der Waals surface area contributed by atoms with E-state index in [1.54, 1.807) is 0 Å². The highest BCUT2D eigenvalue weighted by atomic mass is 16.5. The normalized spacial score (nSPS) is 12.5. The molecule has 0 aliphatic heterocycles. The lowest BCUT2D eigenvalue weighted by Crippen LogP contribution is -2.45. The van der Waals surface area contributed by atoms with Crippen molar-refractivity contribution in [3.05, 3.63) is 12.2 Å². The summed E-state index contributed by atoms with van der Waals surface area (Å²) in [5.74, 6) is -0.0177. The van der Waals surface area contributed by atoms with Gasteiger partial charge in [-0.3, -0.25) is 9.59 Å². The maximum absolute atomic E-state index is 12.5. The molecule has 2 unspecified atom stereocenters. The first-order valence-corrected chi connectivity index (χ1v) is 35.9. The fraction of sp³-hybridized carbons (Fsp3) is 0.944. The van der Waals surface area contributed by atoms with Gasteiger partial charge in [0.2, 0.25) is 5.91 Å². The number of carbonyl (C=O) groups excluding carboxylic acids is 2. The Kier molecular flexibility index (Phi) is 66.9. The van der Waals surface area contributed by atoms with Crippen molar-refractivity contribution in [3.8, 4) is 0 Å². The highest BCUT2D eigenvalue weighted by Crippen LogP contribution is 2.19. The van der Waals surface area contributed by atoms with Gasteiger partial charge in [0, 0.05) is 12.8 Å². The van der Waals surface area contributed by atoms with E-state index < -0.39 is 12.1 Å². The number of ether oxygens (including phenoxy) is 1. The van der Waals surface area contributed by atoms with Gasteiger partial charge in [-0.25, -0.2) is 0 Å². The number of unbranched alkanes of at least 4 members (excludes halogenated alkanes) is 55. The molecule has 0 radical (unpaired) electrons. The third-order valence-corrected chi connectivity index (χ3v) is 17.1. The molecule has 3 N–H and O–H groups in total. The summed E-state index contributed by atoms with van der Waals surface area (Å²) < 4.78 is 5.50. The average molecular weight is 1100 g/mol. The summed E-state index contributed by atoms with van der Waals surface area (Å²) in [4.78, 5) is 24.6. The van der Waals surface area contributed by atoms with E-state index >= 15 is 0 Å². The molecule has 0 bridgehead atoms. The van der Waals surface area contributed by atoms with Crippen LogP contribution in [0.15, 0.2) is 12.2 Å². The summed E-state index contributed by atoms with van der Waals surface area (Å²) in [6.45, 7) is 5.00. The fourth-order valence-corrected chi connectivity index (χ4v) is 11.6. The van der Waals surface area contributed by atoms with Crippen LogP contribution in [0.2, 0.25) is 0 Å². The standard InChI is InChI=1S/C72H141NO5/c1-3-5-7-9-11-13-15-17-19-20-21-22-27-30-33-37-40-44-48-52-56-60-64-70(75)69(68-74)73-71(76)65-61-57-53-49-45-41-38-34-31-28-25-23-24-26-29-32-35-39-43-47-51-55-59-63-67-78-72(77)66-62-58-54-50-46-42-36-18-16-14-12-10-8-6-4-2/h25,28,69-70,74-75H,3-24,26-27,29-68H2,1-2H3,(H,73,76)/b28-25-. The quantitative estimate of drug-likeness (QED) is 0.0320. The largest absolute Gasteiger partial charge is 0.466 e. The van der Waals surface area contributed by atoms with Gasteiger partial charge in [0.15, 0.2) is 0 Å². The van der Waals surface area contributed by atoms with Crippen LogP contribution in [-0.4, -0.2) is 47.4 Å². The topological polar surface area (TPSA) is 95.9 Å². The SMILES string of the molecule is CCCCCCCCCCCCCCCCCCCCCCCCC(O)C(CO)NC(=O)CCCCCCCCCC/C=C\CCCCCCCCCCCCCCOC(=O)CCCCCCCCCCCCCCCCC. The minimum Gasteiger partial charge on any atom is -0.466 e. The summed E-state index contributed by atoms with van der Waals surface area (Å²) in [6, 6.07) is -0.545. The van der Waals surface area contributed by atoms with Crippen LogP contribution in [0.3, 0.4) is 0 Å². The molecule has 6 heteroatoms. The third kappa shape index (κ3) is 63.8. The molecule has 0 spiro atoms. The molecule has 0 aromatic heterocycles. The fourth-order valence-electron chi connectivity index (χ4n) is 11.6. The Balaban J connectivity index is 3.39. The maximum Gasteiger partial charge on any atom is 0.305 e. The Morgan fingerprint density at radius 3 is 0.910 bits per heavy atom. The summed E-state index contributed by atoms with van der Waals surface area (Å²) in [5.41, 5.74) is 0. The van der Waals surface area contributed by atoms with Crippen molar-refractivity contribution in [2.24, 2.45) is 0 Å². The van der Waals surface area contributed by atoms with Crippen molar-refractivity contribution in [3.63, 3.8) is 0 Å². The number of amides is 1. The molecule has 0 aliphatic rings. The van der Waals surface area contributed by atoms with Crippen LogP contribution in [0.5, 0.6) is 0 Å². The van der Waals surface area contributed by atoms with Gasteiger partial charge in [-0.15, -0.1) is 0 Å². The Morgan fingerprint density at radius 1 is 0.346 bits per heavy atom. The summed E-state index contributed by atoms with van der Waals surface area (Å²) in [5, 5.41) is 23.4. The zero-order valence-electron chi connectivity index (χ0n) is 53.2. The molecule has 0 saturated heterocycles. The number of nitrogens with one attached hydrogen (secondary N) is 1. The monoisotopic (exact) mass is 1100 g/mol. The summed E-state index contributed by atoms with van der Waals surface area (Å²) in [7, 11) is 0. The lowest BCUT2D eigenvalue weighted by molar-refractivity contribution is -0.143. The zero-order valence-corrected chi connectivity index (χ0v) is 53.2. The second-order valence-electron chi connectivity index (χ2n) is 24.9. The molecule has 0 rings (SSSR count). The van der Waals surface area contributed by atoms with E-state index in [9.17, 15) is 19.8 Å². The first kappa shape index (κ1) is 76.6. The lowest BCUT2D eigenvalue weighted by Gasteiger charge is -2.22. The van der Waals surface area contributed by atoms with Crippen molar-refractivity contribution in [2.45, 2.75) is 424 Å². The van der Waals surface area contributed by atoms with Gasteiger partial charge in [0.1, 0.15) is 0 Å².